The van der Waals surface area contributed by atoms with Crippen molar-refractivity contribution in [3.05, 3.63) is 54.6 Å². The zero-order valence-corrected chi connectivity index (χ0v) is 11.5. The fourth-order valence-electron chi connectivity index (χ4n) is 1.58. The van der Waals surface area contributed by atoms with E-state index >= 15 is 0 Å². The number of fused-ring (bicyclic) bond motifs is 1. The van der Waals surface area contributed by atoms with Crippen LogP contribution < -0.4 is 0 Å². The summed E-state index contributed by atoms with van der Waals surface area (Å²) in [6.45, 7) is 6.49. The first-order valence-corrected chi connectivity index (χ1v) is 6.23. The van der Waals surface area contributed by atoms with Crippen LogP contribution in [0.3, 0.4) is 0 Å². The Balaban J connectivity index is 0.000000141. The van der Waals surface area contributed by atoms with Gasteiger partial charge in [0.15, 0.2) is 0 Å². The van der Waals surface area contributed by atoms with Crippen molar-refractivity contribution in [2.45, 2.75) is 26.2 Å². The first-order valence-electron chi connectivity index (χ1n) is 6.23. The quantitative estimate of drug-likeness (QED) is 0.669. The Hall–Kier alpha value is -2.23. The molecule has 3 aromatic heterocycles. The molecule has 3 heterocycles. The largest absolute Gasteiger partial charge is 0.276 e. The van der Waals surface area contributed by atoms with Crippen molar-refractivity contribution in [3.63, 3.8) is 0 Å². The Bertz CT molecular complexity index is 593. The van der Waals surface area contributed by atoms with Crippen molar-refractivity contribution in [2.75, 3.05) is 0 Å². The normalized spacial score (nSPS) is 10.9. The third-order valence-electron chi connectivity index (χ3n) is 2.64. The Morgan fingerprint density at radius 1 is 0.947 bits per heavy atom. The average molecular weight is 254 g/mol. The molecule has 3 rings (SSSR count). The second-order valence-corrected chi connectivity index (χ2v) is 5.27. The molecule has 0 saturated carbocycles. The molecule has 0 atom stereocenters. The number of nitrogens with zero attached hydrogens (tertiary/aromatic N) is 3. The summed E-state index contributed by atoms with van der Waals surface area (Å²) in [6.07, 6.45) is 5.29. The molecule has 0 bridgehead atoms. The van der Waals surface area contributed by atoms with Crippen molar-refractivity contribution >= 4 is 11.0 Å². The van der Waals surface area contributed by atoms with Gasteiger partial charge in [0.25, 0.3) is 0 Å². The van der Waals surface area contributed by atoms with Gasteiger partial charge >= 0.3 is 0 Å². The number of hydrogen-bond donors (Lipinski definition) is 1. The lowest BCUT2D eigenvalue weighted by Gasteiger charge is -2.16. The average Bonchev–Trinajstić information content (AvgIpc) is 2.88. The second kappa shape index (κ2) is 5.61. The zero-order valence-electron chi connectivity index (χ0n) is 11.5. The summed E-state index contributed by atoms with van der Waals surface area (Å²) in [7, 11) is 0. The van der Waals surface area contributed by atoms with Gasteiger partial charge in [0.1, 0.15) is 5.52 Å². The topological polar surface area (TPSA) is 54.5 Å². The minimum Gasteiger partial charge on any atom is -0.276 e. The molecule has 1 N–H and O–H groups in total. The van der Waals surface area contributed by atoms with Crippen LogP contribution in [0.2, 0.25) is 0 Å². The van der Waals surface area contributed by atoms with Crippen LogP contribution in [0.1, 0.15) is 26.5 Å². The van der Waals surface area contributed by atoms with Crippen LogP contribution in [0, 0.1) is 0 Å². The standard InChI is InChI=1S/C9H13N.C6H5N3/c1-9(2,3)8-6-4-5-7-10-8;1-2-5-6(7-3-1)4-8-9-5/h4-7H,1-3H3;1-4H,(H,8,9). The molecular weight excluding hydrogens is 236 g/mol. The van der Waals surface area contributed by atoms with Crippen LogP contribution in [0.25, 0.3) is 11.0 Å². The lowest BCUT2D eigenvalue weighted by molar-refractivity contribution is 0.569. The van der Waals surface area contributed by atoms with Crippen LogP contribution in [-0.4, -0.2) is 20.2 Å². The molecule has 4 nitrogen and oxygen atoms in total. The SMILES string of the molecule is CC(C)(C)c1ccccn1.c1cnc2cn[nH]c2c1. The molecule has 0 amide bonds. The summed E-state index contributed by atoms with van der Waals surface area (Å²) in [5, 5.41) is 6.62. The van der Waals surface area contributed by atoms with E-state index in [1.54, 1.807) is 12.4 Å². The molecule has 98 valence electrons. The van der Waals surface area contributed by atoms with Gasteiger partial charge in [-0.15, -0.1) is 0 Å². The molecule has 0 aliphatic carbocycles. The van der Waals surface area contributed by atoms with Crippen LogP contribution >= 0.6 is 0 Å². The van der Waals surface area contributed by atoms with Crippen LogP contribution in [0.4, 0.5) is 0 Å². The van der Waals surface area contributed by atoms with Gasteiger partial charge in [-0.3, -0.25) is 15.1 Å². The fraction of sp³-hybridized carbons (Fsp3) is 0.267. The minimum absolute atomic E-state index is 0.182. The van der Waals surface area contributed by atoms with E-state index in [4.69, 9.17) is 0 Å². The van der Waals surface area contributed by atoms with Gasteiger partial charge in [-0.05, 0) is 24.3 Å². The Morgan fingerprint density at radius 2 is 1.74 bits per heavy atom. The van der Waals surface area contributed by atoms with Gasteiger partial charge in [-0.1, -0.05) is 26.8 Å². The highest BCUT2D eigenvalue weighted by Crippen LogP contribution is 2.18. The molecule has 19 heavy (non-hydrogen) atoms. The van der Waals surface area contributed by atoms with E-state index in [1.165, 1.54) is 0 Å². The number of H-pyrrole nitrogens is 1. The van der Waals surface area contributed by atoms with Crippen LogP contribution in [-0.2, 0) is 5.41 Å². The molecule has 3 aromatic rings. The Kier molecular flexibility index (Phi) is 3.90. The van der Waals surface area contributed by atoms with E-state index in [0.717, 1.165) is 16.7 Å². The number of hydrogen-bond acceptors (Lipinski definition) is 3. The van der Waals surface area contributed by atoms with Crippen LogP contribution in [0.5, 0.6) is 0 Å². The molecule has 0 saturated heterocycles. The van der Waals surface area contributed by atoms with Crippen molar-refractivity contribution in [2.24, 2.45) is 0 Å². The van der Waals surface area contributed by atoms with Gasteiger partial charge in [0.05, 0.1) is 11.7 Å². The second-order valence-electron chi connectivity index (χ2n) is 5.27. The number of aromatic nitrogens is 4. The van der Waals surface area contributed by atoms with Gasteiger partial charge in [0.2, 0.25) is 0 Å². The molecule has 0 spiro atoms. The molecule has 4 heteroatoms. The summed E-state index contributed by atoms with van der Waals surface area (Å²) in [5.74, 6) is 0. The van der Waals surface area contributed by atoms with Gasteiger partial charge < -0.3 is 0 Å². The van der Waals surface area contributed by atoms with Crippen molar-refractivity contribution in [1.82, 2.24) is 20.2 Å². The highest BCUT2D eigenvalue weighted by Gasteiger charge is 2.13. The maximum absolute atomic E-state index is 4.25. The third kappa shape index (κ3) is 3.61. The Labute approximate surface area is 112 Å². The first-order chi connectivity index (χ1) is 9.07. The summed E-state index contributed by atoms with van der Waals surface area (Å²) in [5.41, 5.74) is 3.23. The lowest BCUT2D eigenvalue weighted by atomic mass is 9.92. The first kappa shape index (κ1) is 13.2. The fourth-order valence-corrected chi connectivity index (χ4v) is 1.58. The van der Waals surface area contributed by atoms with Crippen molar-refractivity contribution in [3.8, 4) is 0 Å². The monoisotopic (exact) mass is 254 g/mol. The Morgan fingerprint density at radius 3 is 2.32 bits per heavy atom. The van der Waals surface area contributed by atoms with E-state index in [-0.39, 0.29) is 5.41 Å². The van der Waals surface area contributed by atoms with Crippen molar-refractivity contribution < 1.29 is 0 Å². The number of nitrogens with one attached hydrogen (secondary N) is 1. The maximum atomic E-state index is 4.25. The number of pyridine rings is 2. The predicted molar refractivity (Wildman–Crippen MR) is 76.8 cm³/mol. The molecular formula is C15H18N4. The smallest absolute Gasteiger partial charge is 0.108 e. The van der Waals surface area contributed by atoms with E-state index < -0.39 is 0 Å². The number of rotatable bonds is 0. The molecule has 0 aliphatic rings. The predicted octanol–water partition coefficient (Wildman–Crippen LogP) is 3.34. The summed E-state index contributed by atoms with van der Waals surface area (Å²) in [6, 6.07) is 9.83. The van der Waals surface area contributed by atoms with Crippen molar-refractivity contribution in [1.29, 1.82) is 0 Å². The number of aromatic amines is 1. The summed E-state index contributed by atoms with van der Waals surface area (Å²) >= 11 is 0. The highest BCUT2D eigenvalue weighted by atomic mass is 15.1. The zero-order chi connectivity index (χ0) is 13.7. The van der Waals surface area contributed by atoms with Crippen LogP contribution in [0.15, 0.2) is 48.9 Å². The van der Waals surface area contributed by atoms with Gasteiger partial charge in [-0.25, -0.2) is 0 Å². The molecule has 0 aliphatic heterocycles. The van der Waals surface area contributed by atoms with Gasteiger partial charge in [0, 0.05) is 23.5 Å². The molecule has 0 unspecified atom stereocenters. The van der Waals surface area contributed by atoms with E-state index in [0.29, 0.717) is 0 Å². The molecule has 0 aromatic carbocycles. The maximum Gasteiger partial charge on any atom is 0.108 e. The molecule has 0 fully saturated rings. The minimum atomic E-state index is 0.182. The van der Waals surface area contributed by atoms with E-state index in [2.05, 4.69) is 47.0 Å². The van der Waals surface area contributed by atoms with Gasteiger partial charge in [-0.2, -0.15) is 5.10 Å². The van der Waals surface area contributed by atoms with E-state index in [9.17, 15) is 0 Å². The summed E-state index contributed by atoms with van der Waals surface area (Å²) in [4.78, 5) is 8.30. The molecule has 0 radical (unpaired) electrons. The highest BCUT2D eigenvalue weighted by molar-refractivity contribution is 5.72. The third-order valence-corrected chi connectivity index (χ3v) is 2.64. The lowest BCUT2D eigenvalue weighted by Crippen LogP contribution is -2.12. The summed E-state index contributed by atoms with van der Waals surface area (Å²) < 4.78 is 0. The van der Waals surface area contributed by atoms with E-state index in [1.807, 2.05) is 30.5 Å².